The molecule has 0 unspecified atom stereocenters. The molecule has 0 atom stereocenters. The maximum Gasteiger partial charge on any atom is 0.342 e. The van der Waals surface area contributed by atoms with E-state index in [0.717, 1.165) is 12.1 Å². The lowest BCUT2D eigenvalue weighted by Crippen LogP contribution is -2.07. The van der Waals surface area contributed by atoms with Gasteiger partial charge in [0.15, 0.2) is 0 Å². The van der Waals surface area contributed by atoms with E-state index in [1.54, 1.807) is 0 Å². The molecule has 0 radical (unpaired) electrons. The largest absolute Gasteiger partial charge is 0.477 e. The minimum absolute atomic E-state index is 0.0745. The van der Waals surface area contributed by atoms with Gasteiger partial charge in [0, 0.05) is 5.69 Å². The van der Waals surface area contributed by atoms with Crippen LogP contribution in [0.3, 0.4) is 0 Å². The maximum absolute atomic E-state index is 10.6. The highest BCUT2D eigenvalue weighted by molar-refractivity contribution is 5.96. The summed E-state index contributed by atoms with van der Waals surface area (Å²) in [4.78, 5) is 20.2. The summed E-state index contributed by atoms with van der Waals surface area (Å²) in [6.45, 7) is 0. The van der Waals surface area contributed by atoms with Gasteiger partial charge in [0.25, 0.3) is 0 Å². The van der Waals surface area contributed by atoms with E-state index in [-0.39, 0.29) is 11.4 Å². The van der Waals surface area contributed by atoms with Crippen LogP contribution in [0.1, 0.15) is 10.4 Å². The molecule has 0 aliphatic rings. The zero-order valence-electron chi connectivity index (χ0n) is 6.93. The van der Waals surface area contributed by atoms with E-state index in [1.165, 1.54) is 0 Å². The number of carbonyl (C=O) groups is 1. The van der Waals surface area contributed by atoms with E-state index < -0.39 is 22.1 Å². The van der Waals surface area contributed by atoms with Crippen LogP contribution in [-0.4, -0.2) is 16.0 Å². The predicted octanol–water partition coefficient (Wildman–Crippen LogP) is 0.457. The number of hydrogen-bond donors (Lipinski definition) is 3. The first-order valence-corrected chi connectivity index (χ1v) is 3.50. The summed E-state index contributed by atoms with van der Waals surface area (Å²) in [6, 6.07) is 2.14. The van der Waals surface area contributed by atoms with E-state index >= 15 is 0 Å². The molecule has 0 aromatic heterocycles. The number of carboxylic acid groups (broad SMARTS) is 1. The van der Waals surface area contributed by atoms with Crippen molar-refractivity contribution in [3.8, 4) is 0 Å². The molecule has 0 saturated heterocycles. The first kappa shape index (κ1) is 9.78. The van der Waals surface area contributed by atoms with Crippen molar-refractivity contribution in [2.45, 2.75) is 0 Å². The molecule has 0 bridgehead atoms. The Labute approximate surface area is 78.1 Å². The second-order valence-electron chi connectivity index (χ2n) is 2.57. The van der Waals surface area contributed by atoms with Crippen molar-refractivity contribution < 1.29 is 14.8 Å². The van der Waals surface area contributed by atoms with Crippen molar-refractivity contribution in [1.82, 2.24) is 0 Å². The summed E-state index contributed by atoms with van der Waals surface area (Å²) < 4.78 is 0. The Kier molecular flexibility index (Phi) is 2.24. The fourth-order valence-electron chi connectivity index (χ4n) is 1.05. The second kappa shape index (κ2) is 3.21. The lowest BCUT2D eigenvalue weighted by molar-refractivity contribution is -0.384. The van der Waals surface area contributed by atoms with Gasteiger partial charge >= 0.3 is 11.7 Å². The van der Waals surface area contributed by atoms with Crippen molar-refractivity contribution in [1.29, 1.82) is 0 Å². The molecule has 0 aliphatic carbocycles. The molecule has 0 amide bonds. The molecule has 7 heteroatoms. The van der Waals surface area contributed by atoms with Crippen molar-refractivity contribution in [3.63, 3.8) is 0 Å². The standard InChI is InChI=1S/C7H7N3O4/c8-3-1-4(7(11)12)6(10(13)14)5(9)2-3/h1-2H,8-9H2,(H,11,12). The number of rotatable bonds is 2. The average molecular weight is 197 g/mol. The minimum atomic E-state index is -1.43. The van der Waals surface area contributed by atoms with Crippen LogP contribution in [0.2, 0.25) is 0 Å². The number of nitro groups is 1. The third-order valence-corrected chi connectivity index (χ3v) is 1.57. The van der Waals surface area contributed by atoms with Crippen molar-refractivity contribution in [2.24, 2.45) is 0 Å². The van der Waals surface area contributed by atoms with Gasteiger partial charge in [-0.2, -0.15) is 0 Å². The molecule has 74 valence electrons. The molecule has 1 aromatic carbocycles. The number of nitrogens with zero attached hydrogens (tertiary/aromatic N) is 1. The molecule has 14 heavy (non-hydrogen) atoms. The average Bonchev–Trinajstić information content (AvgIpc) is 2.01. The van der Waals surface area contributed by atoms with E-state index in [4.69, 9.17) is 16.6 Å². The molecule has 1 aromatic rings. The first-order chi connectivity index (χ1) is 6.43. The number of nitrogens with two attached hydrogens (primary N) is 2. The van der Waals surface area contributed by atoms with Crippen molar-refractivity contribution in [3.05, 3.63) is 27.8 Å². The Hall–Kier alpha value is -2.31. The van der Waals surface area contributed by atoms with Crippen LogP contribution >= 0.6 is 0 Å². The Balaban J connectivity index is 3.52. The molecule has 0 heterocycles. The normalized spacial score (nSPS) is 9.71. The molecule has 5 N–H and O–H groups in total. The van der Waals surface area contributed by atoms with E-state index in [0.29, 0.717) is 0 Å². The number of benzene rings is 1. The smallest absolute Gasteiger partial charge is 0.342 e. The SMILES string of the molecule is Nc1cc(N)c([N+](=O)[O-])c(C(=O)O)c1. The monoisotopic (exact) mass is 197 g/mol. The van der Waals surface area contributed by atoms with Gasteiger partial charge in [-0.1, -0.05) is 0 Å². The fourth-order valence-corrected chi connectivity index (χ4v) is 1.05. The molecule has 0 fully saturated rings. The number of nitrogen functional groups attached to an aromatic ring is 2. The van der Waals surface area contributed by atoms with Gasteiger partial charge in [0.1, 0.15) is 11.3 Å². The Morgan fingerprint density at radius 2 is 2.00 bits per heavy atom. The maximum atomic E-state index is 10.6. The van der Waals surface area contributed by atoms with Crippen molar-refractivity contribution >= 4 is 23.0 Å². The van der Waals surface area contributed by atoms with Gasteiger partial charge in [-0.15, -0.1) is 0 Å². The minimum Gasteiger partial charge on any atom is -0.477 e. The van der Waals surface area contributed by atoms with Gasteiger partial charge in [-0.25, -0.2) is 4.79 Å². The topological polar surface area (TPSA) is 132 Å². The Morgan fingerprint density at radius 1 is 1.43 bits per heavy atom. The molecule has 1 rings (SSSR count). The summed E-state index contributed by atoms with van der Waals surface area (Å²) >= 11 is 0. The van der Waals surface area contributed by atoms with E-state index in [9.17, 15) is 14.9 Å². The fraction of sp³-hybridized carbons (Fsp3) is 0. The summed E-state index contributed by atoms with van der Waals surface area (Å²) in [6.07, 6.45) is 0. The third-order valence-electron chi connectivity index (χ3n) is 1.57. The van der Waals surface area contributed by atoms with E-state index in [2.05, 4.69) is 0 Å². The highest BCUT2D eigenvalue weighted by Crippen LogP contribution is 2.28. The van der Waals surface area contributed by atoms with Gasteiger partial charge in [-0.05, 0) is 12.1 Å². The summed E-state index contributed by atoms with van der Waals surface area (Å²) in [5, 5.41) is 19.1. The van der Waals surface area contributed by atoms with Crippen LogP contribution in [0.25, 0.3) is 0 Å². The van der Waals surface area contributed by atoms with Gasteiger partial charge in [0.2, 0.25) is 0 Å². The number of aromatic carboxylic acids is 1. The quantitative estimate of drug-likeness (QED) is 0.358. The summed E-state index contributed by atoms with van der Waals surface area (Å²) in [5.41, 5.74) is 9.25. The highest BCUT2D eigenvalue weighted by Gasteiger charge is 2.23. The Morgan fingerprint density at radius 3 is 2.43 bits per heavy atom. The van der Waals surface area contributed by atoms with Crippen LogP contribution in [-0.2, 0) is 0 Å². The zero-order chi connectivity index (χ0) is 10.9. The van der Waals surface area contributed by atoms with Crippen LogP contribution < -0.4 is 11.5 Å². The predicted molar refractivity (Wildman–Crippen MR) is 48.9 cm³/mol. The molecule has 7 nitrogen and oxygen atoms in total. The lowest BCUT2D eigenvalue weighted by atomic mass is 10.1. The van der Waals surface area contributed by atoms with Crippen LogP contribution in [0.15, 0.2) is 12.1 Å². The zero-order valence-corrected chi connectivity index (χ0v) is 6.93. The third kappa shape index (κ3) is 1.56. The number of carboxylic acids is 1. The first-order valence-electron chi connectivity index (χ1n) is 3.50. The van der Waals surface area contributed by atoms with Crippen molar-refractivity contribution in [2.75, 3.05) is 11.5 Å². The molecule has 0 spiro atoms. The van der Waals surface area contributed by atoms with Crippen LogP contribution in [0, 0.1) is 10.1 Å². The number of anilines is 2. The van der Waals surface area contributed by atoms with Gasteiger partial charge in [-0.3, -0.25) is 10.1 Å². The second-order valence-corrected chi connectivity index (χ2v) is 2.57. The number of nitro benzene ring substituents is 1. The van der Waals surface area contributed by atoms with Gasteiger partial charge in [0.05, 0.1) is 4.92 Å². The van der Waals surface area contributed by atoms with Crippen LogP contribution in [0.5, 0.6) is 0 Å². The van der Waals surface area contributed by atoms with Gasteiger partial charge < -0.3 is 16.6 Å². The molecule has 0 aliphatic heterocycles. The Bertz CT molecular complexity index is 416. The van der Waals surface area contributed by atoms with Crippen LogP contribution in [0.4, 0.5) is 17.1 Å². The highest BCUT2D eigenvalue weighted by atomic mass is 16.6. The molecular formula is C7H7N3O4. The lowest BCUT2D eigenvalue weighted by Gasteiger charge is -2.02. The number of hydrogen-bond acceptors (Lipinski definition) is 5. The summed E-state index contributed by atoms with van der Waals surface area (Å²) in [5.74, 6) is -1.43. The molecular weight excluding hydrogens is 190 g/mol. The molecule has 0 saturated carbocycles. The van der Waals surface area contributed by atoms with E-state index in [1.807, 2.05) is 0 Å². The summed E-state index contributed by atoms with van der Waals surface area (Å²) in [7, 11) is 0.